The van der Waals surface area contributed by atoms with E-state index in [2.05, 4.69) is 10.3 Å². The summed E-state index contributed by atoms with van der Waals surface area (Å²) in [5.41, 5.74) is 3.95. The number of aryl methyl sites for hydroxylation is 2. The van der Waals surface area contributed by atoms with Gasteiger partial charge in [0.2, 0.25) is 0 Å². The lowest BCUT2D eigenvalue weighted by Gasteiger charge is -2.09. The minimum Gasteiger partial charge on any atom is -0.396 e. The van der Waals surface area contributed by atoms with Gasteiger partial charge in [-0.2, -0.15) is 0 Å². The summed E-state index contributed by atoms with van der Waals surface area (Å²) >= 11 is 0. The van der Waals surface area contributed by atoms with Crippen LogP contribution >= 0.6 is 0 Å². The van der Waals surface area contributed by atoms with Crippen molar-refractivity contribution in [1.29, 1.82) is 0 Å². The van der Waals surface area contributed by atoms with Crippen molar-refractivity contribution < 1.29 is 5.11 Å². The minimum atomic E-state index is 0.0638. The van der Waals surface area contributed by atoms with Crippen molar-refractivity contribution in [3.63, 3.8) is 0 Å². The number of hydrogen-bond donors (Lipinski definition) is 3. The number of rotatable bonds is 5. The molecule has 0 aliphatic carbocycles. The van der Waals surface area contributed by atoms with E-state index in [1.165, 1.54) is 0 Å². The average molecular weight is 260 g/mol. The lowest BCUT2D eigenvalue weighted by Crippen LogP contribution is -2.18. The average Bonchev–Trinajstić information content (AvgIpc) is 2.39. The fraction of sp³-hybridized carbons (Fsp3) is 0.400. The molecule has 4 nitrogen and oxygen atoms in total. The second kappa shape index (κ2) is 5.99. The zero-order chi connectivity index (χ0) is 13.8. The van der Waals surface area contributed by atoms with Crippen molar-refractivity contribution in [3.8, 4) is 0 Å². The first-order valence-electron chi connectivity index (χ1n) is 6.57. The highest BCUT2D eigenvalue weighted by Gasteiger charge is 2.06. The summed E-state index contributed by atoms with van der Waals surface area (Å²) in [6, 6.07) is 5.66. The molecule has 1 aromatic carbocycles. The molecule has 4 heteroatoms. The second-order valence-corrected chi connectivity index (χ2v) is 4.86. The van der Waals surface area contributed by atoms with Crippen LogP contribution in [0.5, 0.6) is 0 Å². The topological polar surface area (TPSA) is 65.1 Å². The Hall–Kier alpha value is -1.65. The van der Waals surface area contributed by atoms with Crippen LogP contribution in [0.1, 0.15) is 23.2 Å². The van der Waals surface area contributed by atoms with Crippen molar-refractivity contribution in [2.75, 3.05) is 13.2 Å². The fourth-order valence-corrected chi connectivity index (χ4v) is 2.24. The van der Waals surface area contributed by atoms with E-state index in [-0.39, 0.29) is 12.0 Å². The van der Waals surface area contributed by atoms with E-state index in [4.69, 9.17) is 5.11 Å². The lowest BCUT2D eigenvalue weighted by molar-refractivity contribution is 0.286. The van der Waals surface area contributed by atoms with Gasteiger partial charge in [-0.15, -0.1) is 0 Å². The molecule has 0 spiro atoms. The van der Waals surface area contributed by atoms with Crippen LogP contribution < -0.4 is 10.7 Å². The molecule has 0 saturated carbocycles. The van der Waals surface area contributed by atoms with E-state index in [0.717, 1.165) is 40.7 Å². The minimum absolute atomic E-state index is 0.0638. The molecular formula is C15H20N2O2. The van der Waals surface area contributed by atoms with Crippen molar-refractivity contribution in [1.82, 2.24) is 10.3 Å². The van der Waals surface area contributed by atoms with Crippen LogP contribution in [0.3, 0.4) is 0 Å². The summed E-state index contributed by atoms with van der Waals surface area (Å²) in [6.45, 7) is 5.48. The molecular weight excluding hydrogens is 240 g/mol. The third kappa shape index (κ3) is 3.03. The molecule has 0 atom stereocenters. The Labute approximate surface area is 112 Å². The Balaban J connectivity index is 2.33. The molecule has 102 valence electrons. The van der Waals surface area contributed by atoms with Crippen LogP contribution in [-0.2, 0) is 6.54 Å². The molecule has 0 fully saturated rings. The highest BCUT2D eigenvalue weighted by atomic mass is 16.3. The van der Waals surface area contributed by atoms with Gasteiger partial charge in [-0.3, -0.25) is 4.79 Å². The van der Waals surface area contributed by atoms with E-state index < -0.39 is 0 Å². The maximum atomic E-state index is 12.2. The van der Waals surface area contributed by atoms with E-state index >= 15 is 0 Å². The van der Waals surface area contributed by atoms with Crippen LogP contribution in [0.2, 0.25) is 0 Å². The Morgan fingerprint density at radius 1 is 1.26 bits per heavy atom. The first-order chi connectivity index (χ1) is 9.13. The molecule has 0 amide bonds. The van der Waals surface area contributed by atoms with Crippen LogP contribution in [0.4, 0.5) is 0 Å². The molecule has 1 heterocycles. The maximum absolute atomic E-state index is 12.2. The highest BCUT2D eigenvalue weighted by molar-refractivity contribution is 5.84. The van der Waals surface area contributed by atoms with Gasteiger partial charge < -0.3 is 15.4 Å². The summed E-state index contributed by atoms with van der Waals surface area (Å²) in [5, 5.41) is 12.7. The molecule has 0 aliphatic rings. The van der Waals surface area contributed by atoms with Gasteiger partial charge in [-0.1, -0.05) is 12.1 Å². The van der Waals surface area contributed by atoms with Crippen LogP contribution in [0.25, 0.3) is 10.9 Å². The molecule has 3 N–H and O–H groups in total. The molecule has 2 aromatic rings. The summed E-state index contributed by atoms with van der Waals surface area (Å²) in [7, 11) is 0. The Morgan fingerprint density at radius 2 is 2.00 bits per heavy atom. The van der Waals surface area contributed by atoms with Crippen LogP contribution in [0, 0.1) is 13.8 Å². The first kappa shape index (κ1) is 13.8. The predicted octanol–water partition coefficient (Wildman–Crippen LogP) is 1.62. The highest BCUT2D eigenvalue weighted by Crippen LogP contribution is 2.17. The SMILES string of the molecule is Cc1ccc(C)c2c(=O)cc(CNCCCO)[nH]c12. The van der Waals surface area contributed by atoms with Crippen molar-refractivity contribution in [2.24, 2.45) is 0 Å². The molecule has 0 saturated heterocycles. The van der Waals surface area contributed by atoms with Crippen molar-refractivity contribution in [2.45, 2.75) is 26.8 Å². The number of aromatic nitrogens is 1. The number of hydrogen-bond acceptors (Lipinski definition) is 3. The van der Waals surface area contributed by atoms with Gasteiger partial charge in [0.05, 0.1) is 5.52 Å². The number of fused-ring (bicyclic) bond motifs is 1. The number of aliphatic hydroxyl groups is 1. The van der Waals surface area contributed by atoms with E-state index in [9.17, 15) is 4.79 Å². The van der Waals surface area contributed by atoms with E-state index in [1.54, 1.807) is 6.07 Å². The molecule has 0 aliphatic heterocycles. The number of aromatic amines is 1. The molecule has 0 bridgehead atoms. The van der Waals surface area contributed by atoms with Crippen molar-refractivity contribution >= 4 is 10.9 Å². The third-order valence-electron chi connectivity index (χ3n) is 3.29. The lowest BCUT2D eigenvalue weighted by atomic mass is 10.0. The van der Waals surface area contributed by atoms with Gasteiger partial charge in [0.1, 0.15) is 0 Å². The van der Waals surface area contributed by atoms with Gasteiger partial charge in [-0.25, -0.2) is 0 Å². The monoisotopic (exact) mass is 260 g/mol. The largest absolute Gasteiger partial charge is 0.396 e. The summed E-state index contributed by atoms with van der Waals surface area (Å²) < 4.78 is 0. The van der Waals surface area contributed by atoms with Crippen molar-refractivity contribution in [3.05, 3.63) is 45.2 Å². The molecule has 1 aromatic heterocycles. The Kier molecular flexibility index (Phi) is 4.35. The standard InChI is InChI=1S/C15H20N2O2/c1-10-4-5-11(2)15-14(10)13(19)8-12(17-15)9-16-6-3-7-18/h4-5,8,16,18H,3,6-7,9H2,1-2H3,(H,17,19). The van der Waals surface area contributed by atoms with Crippen LogP contribution in [-0.4, -0.2) is 23.2 Å². The van der Waals surface area contributed by atoms with E-state index in [1.807, 2.05) is 26.0 Å². The molecule has 19 heavy (non-hydrogen) atoms. The molecule has 0 radical (unpaired) electrons. The second-order valence-electron chi connectivity index (χ2n) is 4.86. The Morgan fingerprint density at radius 3 is 2.74 bits per heavy atom. The van der Waals surface area contributed by atoms with Gasteiger partial charge in [0.15, 0.2) is 5.43 Å². The predicted molar refractivity (Wildman–Crippen MR) is 77.5 cm³/mol. The number of benzene rings is 1. The number of H-pyrrole nitrogens is 1. The van der Waals surface area contributed by atoms with Crippen LogP contribution in [0.15, 0.2) is 23.0 Å². The smallest absolute Gasteiger partial charge is 0.189 e. The normalized spacial score (nSPS) is 11.1. The maximum Gasteiger partial charge on any atom is 0.189 e. The first-order valence-corrected chi connectivity index (χ1v) is 6.57. The number of nitrogens with one attached hydrogen (secondary N) is 2. The third-order valence-corrected chi connectivity index (χ3v) is 3.29. The number of pyridine rings is 1. The molecule has 0 unspecified atom stereocenters. The molecule has 2 rings (SSSR count). The Bertz CT molecular complexity index is 632. The van der Waals surface area contributed by atoms with Gasteiger partial charge in [-0.05, 0) is 37.9 Å². The summed E-state index contributed by atoms with van der Waals surface area (Å²) in [4.78, 5) is 15.5. The fourth-order valence-electron chi connectivity index (χ4n) is 2.24. The summed E-state index contributed by atoms with van der Waals surface area (Å²) in [6.07, 6.45) is 0.718. The zero-order valence-electron chi connectivity index (χ0n) is 11.4. The zero-order valence-corrected chi connectivity index (χ0v) is 11.4. The number of aliphatic hydroxyl groups excluding tert-OH is 1. The summed E-state index contributed by atoms with van der Waals surface area (Å²) in [5.74, 6) is 0. The van der Waals surface area contributed by atoms with Gasteiger partial charge in [0, 0.05) is 30.3 Å². The van der Waals surface area contributed by atoms with Gasteiger partial charge in [0.25, 0.3) is 0 Å². The quantitative estimate of drug-likeness (QED) is 0.716. The van der Waals surface area contributed by atoms with E-state index in [0.29, 0.717) is 6.54 Å². The van der Waals surface area contributed by atoms with Gasteiger partial charge >= 0.3 is 0 Å².